The molecular formula is C7H14NO6P. The minimum Gasteiger partial charge on any atom is -0.479 e. The number of carboxylic acid groups (broad SMARTS) is 1. The van der Waals surface area contributed by atoms with Crippen LogP contribution in [-0.4, -0.2) is 31.9 Å². The zero-order chi connectivity index (χ0) is 12.3. The molecule has 15 heavy (non-hydrogen) atoms. The van der Waals surface area contributed by atoms with Crippen molar-refractivity contribution in [2.45, 2.75) is 31.5 Å². The first-order valence-electron chi connectivity index (χ1n) is 4.18. The summed E-state index contributed by atoms with van der Waals surface area (Å²) in [6.45, 7) is 1.30. The molecule has 88 valence electrons. The number of ketones is 1. The van der Waals surface area contributed by atoms with Gasteiger partial charge in [0.05, 0.1) is 0 Å². The van der Waals surface area contributed by atoms with Crippen LogP contribution in [0.1, 0.15) is 26.2 Å². The monoisotopic (exact) mass is 239 g/mol. The molecule has 0 spiro atoms. The average molecular weight is 239 g/mol. The predicted octanol–water partition coefficient (Wildman–Crippen LogP) is -0.337. The van der Waals surface area contributed by atoms with Gasteiger partial charge in [0.25, 0.3) is 0 Å². The molecule has 8 heteroatoms. The smallest absolute Gasteiger partial charge is 0.356 e. The minimum atomic E-state index is -4.94. The van der Waals surface area contributed by atoms with Crippen LogP contribution >= 0.6 is 7.60 Å². The Morgan fingerprint density at radius 1 is 1.40 bits per heavy atom. The van der Waals surface area contributed by atoms with Crippen molar-refractivity contribution in [2.24, 2.45) is 5.73 Å². The Morgan fingerprint density at radius 3 is 2.13 bits per heavy atom. The summed E-state index contributed by atoms with van der Waals surface area (Å²) < 4.78 is 10.9. The zero-order valence-electron chi connectivity index (χ0n) is 8.21. The summed E-state index contributed by atoms with van der Waals surface area (Å²) >= 11 is 0. The first-order chi connectivity index (χ1) is 6.61. The molecule has 0 heterocycles. The summed E-state index contributed by atoms with van der Waals surface area (Å²) in [5.74, 6) is -1.95. The number of carbonyl (C=O) groups excluding carboxylic acids is 1. The van der Waals surface area contributed by atoms with Crippen molar-refractivity contribution >= 4 is 19.3 Å². The molecule has 0 rings (SSSR count). The summed E-state index contributed by atoms with van der Waals surface area (Å²) in [4.78, 5) is 38.8. The second kappa shape index (κ2) is 4.85. The van der Waals surface area contributed by atoms with E-state index in [1.165, 1.54) is 6.92 Å². The number of Topliss-reactive ketones (excluding diaryl/α,β-unsaturated/α-hetero) is 1. The zero-order valence-corrected chi connectivity index (χ0v) is 9.11. The summed E-state index contributed by atoms with van der Waals surface area (Å²) in [5, 5.41) is 6.04. The highest BCUT2D eigenvalue weighted by molar-refractivity contribution is 7.54. The molecule has 5 N–H and O–H groups in total. The summed E-state index contributed by atoms with van der Waals surface area (Å²) in [6, 6.07) is 0. The maximum Gasteiger partial charge on any atom is 0.356 e. The largest absolute Gasteiger partial charge is 0.479 e. The molecule has 0 aromatic rings. The van der Waals surface area contributed by atoms with E-state index in [0.29, 0.717) is 0 Å². The van der Waals surface area contributed by atoms with Crippen LogP contribution < -0.4 is 5.73 Å². The first kappa shape index (κ1) is 14.2. The van der Waals surface area contributed by atoms with Crippen molar-refractivity contribution in [1.82, 2.24) is 0 Å². The van der Waals surface area contributed by atoms with E-state index in [1.54, 1.807) is 0 Å². The molecule has 0 aromatic heterocycles. The highest BCUT2D eigenvalue weighted by Gasteiger charge is 2.50. The Labute approximate surface area is 86.4 Å². The Bertz CT molecular complexity index is 311. The average Bonchev–Trinajstić information content (AvgIpc) is 2.00. The van der Waals surface area contributed by atoms with Crippen LogP contribution in [-0.2, 0) is 14.2 Å². The van der Waals surface area contributed by atoms with Crippen molar-refractivity contribution in [3.63, 3.8) is 0 Å². The minimum absolute atomic E-state index is 0.0310. The van der Waals surface area contributed by atoms with E-state index in [1.807, 2.05) is 0 Å². The highest BCUT2D eigenvalue weighted by atomic mass is 31.2. The lowest BCUT2D eigenvalue weighted by Crippen LogP contribution is -2.47. The van der Waals surface area contributed by atoms with E-state index in [0.717, 1.165) is 0 Å². The SMILES string of the molecule is CC(=O)CCC[C@](N)(C(=O)O)P(=O)(O)O. The summed E-state index contributed by atoms with van der Waals surface area (Å²) in [5.41, 5.74) is 5.13. The molecule has 0 unspecified atom stereocenters. The highest BCUT2D eigenvalue weighted by Crippen LogP contribution is 2.49. The van der Waals surface area contributed by atoms with Gasteiger partial charge in [-0.05, 0) is 19.8 Å². The van der Waals surface area contributed by atoms with Gasteiger partial charge in [-0.3, -0.25) is 4.57 Å². The standard InChI is InChI=1S/C7H14NO6P/c1-5(9)3-2-4-7(8,6(10)11)15(12,13)14/h2-4,8H2,1H3,(H,10,11)(H2,12,13,14)/t7-/m1/s1. The Balaban J connectivity index is 4.63. The van der Waals surface area contributed by atoms with E-state index in [2.05, 4.69) is 0 Å². The van der Waals surface area contributed by atoms with E-state index in [9.17, 15) is 14.2 Å². The topological polar surface area (TPSA) is 138 Å². The van der Waals surface area contributed by atoms with Gasteiger partial charge in [0.2, 0.25) is 5.28 Å². The summed E-state index contributed by atoms with van der Waals surface area (Å²) in [6.07, 6.45) is -0.359. The van der Waals surface area contributed by atoms with Crippen molar-refractivity contribution in [1.29, 1.82) is 0 Å². The number of hydrogen-bond acceptors (Lipinski definition) is 4. The number of nitrogens with two attached hydrogens (primary N) is 1. The fraction of sp³-hybridized carbons (Fsp3) is 0.714. The normalized spacial score (nSPS) is 15.7. The van der Waals surface area contributed by atoms with Crippen LogP contribution in [0, 0.1) is 0 Å². The second-order valence-electron chi connectivity index (χ2n) is 3.33. The van der Waals surface area contributed by atoms with Crippen molar-refractivity contribution in [2.75, 3.05) is 0 Å². The molecule has 0 radical (unpaired) electrons. The van der Waals surface area contributed by atoms with Crippen molar-refractivity contribution in [3.8, 4) is 0 Å². The van der Waals surface area contributed by atoms with Gasteiger partial charge in [-0.1, -0.05) is 0 Å². The van der Waals surface area contributed by atoms with Gasteiger partial charge in [0, 0.05) is 6.42 Å². The van der Waals surface area contributed by atoms with Gasteiger partial charge < -0.3 is 25.4 Å². The summed E-state index contributed by atoms with van der Waals surface area (Å²) in [7, 11) is -4.94. The molecule has 0 aromatic carbocycles. The Kier molecular flexibility index (Phi) is 4.61. The third-order valence-corrected chi connectivity index (χ3v) is 3.43. The van der Waals surface area contributed by atoms with Gasteiger partial charge in [0.1, 0.15) is 5.78 Å². The molecule has 0 saturated heterocycles. The van der Waals surface area contributed by atoms with Gasteiger partial charge in [-0.25, -0.2) is 4.79 Å². The van der Waals surface area contributed by atoms with Crippen LogP contribution in [0.15, 0.2) is 0 Å². The molecule has 1 atom stereocenters. The maximum atomic E-state index is 10.9. The molecule has 0 aliphatic rings. The quantitative estimate of drug-likeness (QED) is 0.465. The van der Waals surface area contributed by atoms with Crippen LogP contribution in [0.5, 0.6) is 0 Å². The molecule has 7 nitrogen and oxygen atoms in total. The lowest BCUT2D eigenvalue weighted by atomic mass is 10.1. The van der Waals surface area contributed by atoms with E-state index >= 15 is 0 Å². The Morgan fingerprint density at radius 2 is 1.87 bits per heavy atom. The third-order valence-electron chi connectivity index (χ3n) is 1.98. The molecule has 0 aliphatic heterocycles. The van der Waals surface area contributed by atoms with Crippen LogP contribution in [0.4, 0.5) is 0 Å². The fourth-order valence-electron chi connectivity index (χ4n) is 0.984. The maximum absolute atomic E-state index is 10.9. The van der Waals surface area contributed by atoms with Crippen LogP contribution in [0.3, 0.4) is 0 Å². The lowest BCUT2D eigenvalue weighted by Gasteiger charge is -2.25. The van der Waals surface area contributed by atoms with E-state index in [4.69, 9.17) is 20.6 Å². The van der Waals surface area contributed by atoms with Gasteiger partial charge >= 0.3 is 13.6 Å². The van der Waals surface area contributed by atoms with Crippen LogP contribution in [0.25, 0.3) is 0 Å². The van der Waals surface area contributed by atoms with Gasteiger partial charge in [0.15, 0.2) is 0 Å². The molecule has 0 saturated carbocycles. The lowest BCUT2D eigenvalue weighted by molar-refractivity contribution is -0.141. The Hall–Kier alpha value is -0.750. The van der Waals surface area contributed by atoms with E-state index in [-0.39, 0.29) is 18.6 Å². The number of aliphatic carboxylic acids is 1. The number of carbonyl (C=O) groups is 2. The van der Waals surface area contributed by atoms with Gasteiger partial charge in [-0.15, -0.1) is 0 Å². The molecule has 0 fully saturated rings. The number of hydrogen-bond donors (Lipinski definition) is 4. The molecule has 0 amide bonds. The second-order valence-corrected chi connectivity index (χ2v) is 5.22. The predicted molar refractivity (Wildman–Crippen MR) is 51.1 cm³/mol. The van der Waals surface area contributed by atoms with Crippen LogP contribution in [0.2, 0.25) is 0 Å². The third kappa shape index (κ3) is 3.71. The molecule has 0 aliphatic carbocycles. The molecular weight excluding hydrogens is 225 g/mol. The fourth-order valence-corrected chi connectivity index (χ4v) is 1.68. The number of carboxylic acids is 1. The van der Waals surface area contributed by atoms with E-state index < -0.39 is 25.3 Å². The van der Waals surface area contributed by atoms with Gasteiger partial charge in [-0.2, -0.15) is 0 Å². The first-order valence-corrected chi connectivity index (χ1v) is 5.80. The van der Waals surface area contributed by atoms with Crippen molar-refractivity contribution in [3.05, 3.63) is 0 Å². The number of rotatable bonds is 6. The van der Waals surface area contributed by atoms with Crippen molar-refractivity contribution < 1.29 is 29.0 Å². The molecule has 0 bridgehead atoms.